The lowest BCUT2D eigenvalue weighted by molar-refractivity contribution is 1.13. The molecule has 3 N–H and O–H groups in total. The molecule has 0 aliphatic rings. The Bertz CT molecular complexity index is 730. The van der Waals surface area contributed by atoms with Gasteiger partial charge in [-0.3, -0.25) is 0 Å². The second-order valence-corrected chi connectivity index (χ2v) is 4.63. The van der Waals surface area contributed by atoms with Gasteiger partial charge >= 0.3 is 0 Å². The van der Waals surface area contributed by atoms with Crippen molar-refractivity contribution in [3.63, 3.8) is 0 Å². The molecule has 3 rings (SSSR count). The smallest absolute Gasteiger partial charge is 0.180 e. The molecular formula is C14H15N5. The molecule has 0 aliphatic heterocycles. The van der Waals surface area contributed by atoms with Crippen LogP contribution in [-0.2, 0) is 0 Å². The Balaban J connectivity index is 2.19. The van der Waals surface area contributed by atoms with Crippen molar-refractivity contribution in [1.29, 1.82) is 0 Å². The molecule has 0 fully saturated rings. The van der Waals surface area contributed by atoms with Crippen LogP contribution in [-0.4, -0.2) is 29.0 Å². The lowest BCUT2D eigenvalue weighted by Gasteiger charge is -2.11. The average Bonchev–Trinajstić information content (AvgIpc) is 2.82. The van der Waals surface area contributed by atoms with Crippen LogP contribution in [0.25, 0.3) is 22.6 Å². The fourth-order valence-corrected chi connectivity index (χ4v) is 2.09. The van der Waals surface area contributed by atoms with E-state index in [1.807, 2.05) is 49.3 Å². The van der Waals surface area contributed by atoms with Gasteiger partial charge in [0.1, 0.15) is 11.3 Å². The molecular weight excluding hydrogens is 238 g/mol. The molecule has 0 unspecified atom stereocenters. The van der Waals surface area contributed by atoms with Crippen molar-refractivity contribution >= 4 is 22.5 Å². The molecule has 0 saturated heterocycles. The summed E-state index contributed by atoms with van der Waals surface area (Å²) in [5, 5.41) is 0. The summed E-state index contributed by atoms with van der Waals surface area (Å²) in [4.78, 5) is 14.2. The third-order valence-corrected chi connectivity index (χ3v) is 3.01. The zero-order chi connectivity index (χ0) is 13.4. The number of benzene rings is 1. The molecule has 3 aromatic rings. The van der Waals surface area contributed by atoms with E-state index in [1.54, 1.807) is 6.20 Å². The van der Waals surface area contributed by atoms with Crippen LogP contribution in [0.15, 0.2) is 36.5 Å². The van der Waals surface area contributed by atoms with Crippen LogP contribution >= 0.6 is 0 Å². The molecule has 0 saturated carbocycles. The molecule has 2 heterocycles. The average molecular weight is 253 g/mol. The predicted molar refractivity (Wildman–Crippen MR) is 78.1 cm³/mol. The number of fused-ring (bicyclic) bond motifs is 1. The fourth-order valence-electron chi connectivity index (χ4n) is 2.09. The van der Waals surface area contributed by atoms with Gasteiger partial charge in [0.15, 0.2) is 5.65 Å². The molecule has 0 radical (unpaired) electrons. The Morgan fingerprint density at radius 3 is 2.79 bits per heavy atom. The number of H-pyrrole nitrogens is 1. The number of nitrogen functional groups attached to an aromatic ring is 1. The minimum absolute atomic E-state index is 0.712. The van der Waals surface area contributed by atoms with Crippen LogP contribution in [0, 0.1) is 0 Å². The van der Waals surface area contributed by atoms with E-state index < -0.39 is 0 Å². The van der Waals surface area contributed by atoms with Crippen LogP contribution in [0.4, 0.5) is 11.4 Å². The highest BCUT2D eigenvalue weighted by atomic mass is 15.1. The van der Waals surface area contributed by atoms with Crippen molar-refractivity contribution in [2.24, 2.45) is 0 Å². The SMILES string of the molecule is CN(C)c1ccnc2nc(-c3cccc(N)c3)[nH]c12. The van der Waals surface area contributed by atoms with Crippen molar-refractivity contribution in [3.8, 4) is 11.4 Å². The molecule has 96 valence electrons. The lowest BCUT2D eigenvalue weighted by Crippen LogP contribution is -2.09. The minimum atomic E-state index is 0.712. The highest BCUT2D eigenvalue weighted by Gasteiger charge is 2.10. The van der Waals surface area contributed by atoms with Gasteiger partial charge in [0.25, 0.3) is 0 Å². The van der Waals surface area contributed by atoms with E-state index in [2.05, 4.69) is 15.0 Å². The van der Waals surface area contributed by atoms with Crippen LogP contribution in [0.5, 0.6) is 0 Å². The number of aromatic nitrogens is 3. The van der Waals surface area contributed by atoms with Gasteiger partial charge in [-0.1, -0.05) is 12.1 Å². The second-order valence-electron chi connectivity index (χ2n) is 4.63. The first-order valence-electron chi connectivity index (χ1n) is 6.03. The summed E-state index contributed by atoms with van der Waals surface area (Å²) in [6, 6.07) is 9.61. The maximum Gasteiger partial charge on any atom is 0.180 e. The van der Waals surface area contributed by atoms with Gasteiger partial charge in [-0.2, -0.15) is 0 Å². The number of hydrogen-bond donors (Lipinski definition) is 2. The third kappa shape index (κ3) is 1.99. The van der Waals surface area contributed by atoms with Crippen LogP contribution in [0.1, 0.15) is 0 Å². The zero-order valence-corrected chi connectivity index (χ0v) is 10.9. The summed E-state index contributed by atoms with van der Waals surface area (Å²) in [6.07, 6.45) is 1.77. The predicted octanol–water partition coefficient (Wildman–Crippen LogP) is 2.27. The molecule has 0 aliphatic carbocycles. The number of hydrogen-bond acceptors (Lipinski definition) is 4. The maximum atomic E-state index is 5.80. The van der Waals surface area contributed by atoms with Crippen molar-refractivity contribution < 1.29 is 0 Å². The molecule has 1 aromatic carbocycles. The first kappa shape index (κ1) is 11.5. The molecule has 0 amide bonds. The fraction of sp³-hybridized carbons (Fsp3) is 0.143. The van der Waals surface area contributed by atoms with E-state index in [4.69, 9.17) is 5.73 Å². The van der Waals surface area contributed by atoms with Gasteiger partial charge < -0.3 is 15.6 Å². The molecule has 0 spiro atoms. The van der Waals surface area contributed by atoms with Crippen molar-refractivity contribution in [3.05, 3.63) is 36.5 Å². The summed E-state index contributed by atoms with van der Waals surface area (Å²) in [7, 11) is 3.99. The normalized spacial score (nSPS) is 10.8. The van der Waals surface area contributed by atoms with E-state index in [0.29, 0.717) is 5.65 Å². The number of imidazole rings is 1. The number of nitrogens with two attached hydrogens (primary N) is 1. The third-order valence-electron chi connectivity index (χ3n) is 3.01. The van der Waals surface area contributed by atoms with E-state index in [9.17, 15) is 0 Å². The Kier molecular flexibility index (Phi) is 2.59. The van der Waals surface area contributed by atoms with E-state index in [0.717, 1.165) is 28.3 Å². The largest absolute Gasteiger partial charge is 0.399 e. The van der Waals surface area contributed by atoms with E-state index >= 15 is 0 Å². The first-order valence-corrected chi connectivity index (χ1v) is 6.03. The Morgan fingerprint density at radius 1 is 1.21 bits per heavy atom. The Labute approximate surface area is 111 Å². The molecule has 2 aromatic heterocycles. The highest BCUT2D eigenvalue weighted by Crippen LogP contribution is 2.26. The summed E-state index contributed by atoms with van der Waals surface area (Å²) in [6.45, 7) is 0. The van der Waals surface area contributed by atoms with Gasteiger partial charge in [-0.15, -0.1) is 0 Å². The van der Waals surface area contributed by atoms with Gasteiger partial charge in [0.2, 0.25) is 0 Å². The number of rotatable bonds is 2. The summed E-state index contributed by atoms with van der Waals surface area (Å²) < 4.78 is 0. The second kappa shape index (κ2) is 4.28. The Hall–Kier alpha value is -2.56. The molecule has 19 heavy (non-hydrogen) atoms. The van der Waals surface area contributed by atoms with Crippen molar-refractivity contribution in [2.75, 3.05) is 24.7 Å². The number of nitrogens with zero attached hydrogens (tertiary/aromatic N) is 3. The summed E-state index contributed by atoms with van der Waals surface area (Å²) in [5.41, 5.74) is 10.2. The highest BCUT2D eigenvalue weighted by molar-refractivity contribution is 5.88. The molecule has 5 nitrogen and oxygen atoms in total. The van der Waals surface area contributed by atoms with Crippen molar-refractivity contribution in [2.45, 2.75) is 0 Å². The van der Waals surface area contributed by atoms with Crippen LogP contribution in [0.2, 0.25) is 0 Å². The number of nitrogens with one attached hydrogen (secondary N) is 1. The first-order chi connectivity index (χ1) is 9.15. The van der Waals surface area contributed by atoms with Gasteiger partial charge in [-0.25, -0.2) is 9.97 Å². The van der Waals surface area contributed by atoms with Crippen LogP contribution in [0.3, 0.4) is 0 Å². The standard InChI is InChI=1S/C14H15N5/c1-19(2)11-6-7-16-14-12(11)17-13(18-14)9-4-3-5-10(15)8-9/h3-8H,15H2,1-2H3,(H,16,17,18). The number of aromatic amines is 1. The molecule has 0 bridgehead atoms. The maximum absolute atomic E-state index is 5.80. The summed E-state index contributed by atoms with van der Waals surface area (Å²) >= 11 is 0. The molecule has 0 atom stereocenters. The quantitative estimate of drug-likeness (QED) is 0.687. The summed E-state index contributed by atoms with van der Waals surface area (Å²) in [5.74, 6) is 0.782. The molecule has 5 heteroatoms. The lowest BCUT2D eigenvalue weighted by atomic mass is 10.2. The van der Waals surface area contributed by atoms with E-state index in [-0.39, 0.29) is 0 Å². The number of anilines is 2. The minimum Gasteiger partial charge on any atom is -0.399 e. The topological polar surface area (TPSA) is 70.8 Å². The zero-order valence-electron chi connectivity index (χ0n) is 10.9. The van der Waals surface area contributed by atoms with Crippen LogP contribution < -0.4 is 10.6 Å². The van der Waals surface area contributed by atoms with Gasteiger partial charge in [-0.05, 0) is 18.2 Å². The van der Waals surface area contributed by atoms with E-state index in [1.165, 1.54) is 0 Å². The van der Waals surface area contributed by atoms with Crippen molar-refractivity contribution in [1.82, 2.24) is 15.0 Å². The van der Waals surface area contributed by atoms with Gasteiger partial charge in [0.05, 0.1) is 5.69 Å². The Morgan fingerprint density at radius 2 is 2.05 bits per heavy atom. The number of pyridine rings is 1. The monoisotopic (exact) mass is 253 g/mol. The van der Waals surface area contributed by atoms with Gasteiger partial charge in [0, 0.05) is 31.5 Å².